The molecular formula is C22H25N7O2. The highest BCUT2D eigenvalue weighted by molar-refractivity contribution is 5.79. The zero-order valence-corrected chi connectivity index (χ0v) is 17.6. The Labute approximate surface area is 180 Å². The molecule has 0 bridgehead atoms. The fourth-order valence-electron chi connectivity index (χ4n) is 3.66. The second-order valence-corrected chi connectivity index (χ2v) is 7.45. The molecule has 9 heteroatoms. The molecule has 160 valence electrons. The van der Waals surface area contributed by atoms with Crippen molar-refractivity contribution in [2.45, 2.75) is 19.8 Å². The number of nitrogens with one attached hydrogen (secondary N) is 3. The summed E-state index contributed by atoms with van der Waals surface area (Å²) in [5, 5.41) is 22.9. The number of ether oxygens (including phenoxy) is 2. The van der Waals surface area contributed by atoms with E-state index in [1.807, 2.05) is 31.2 Å². The molecule has 0 amide bonds. The summed E-state index contributed by atoms with van der Waals surface area (Å²) < 4.78 is 11.9. The summed E-state index contributed by atoms with van der Waals surface area (Å²) >= 11 is 0. The first kappa shape index (κ1) is 20.6. The molecule has 31 heavy (non-hydrogen) atoms. The first-order valence-electron chi connectivity index (χ1n) is 10.2. The molecule has 1 aliphatic rings. The van der Waals surface area contributed by atoms with Crippen LogP contribution in [0.25, 0.3) is 11.3 Å². The van der Waals surface area contributed by atoms with Crippen molar-refractivity contribution in [3.8, 4) is 28.8 Å². The molecule has 1 aliphatic heterocycles. The van der Waals surface area contributed by atoms with E-state index in [1.165, 1.54) is 18.8 Å². The van der Waals surface area contributed by atoms with Gasteiger partial charge < -0.3 is 20.1 Å². The van der Waals surface area contributed by atoms with Gasteiger partial charge >= 0.3 is 0 Å². The molecule has 1 atom stereocenters. The van der Waals surface area contributed by atoms with Crippen molar-refractivity contribution in [1.82, 2.24) is 25.5 Å². The van der Waals surface area contributed by atoms with E-state index in [0.29, 0.717) is 29.9 Å². The molecule has 0 unspecified atom stereocenters. The lowest BCUT2D eigenvalue weighted by Crippen LogP contribution is -2.33. The van der Waals surface area contributed by atoms with Crippen molar-refractivity contribution in [3.05, 3.63) is 41.9 Å². The monoisotopic (exact) mass is 419 g/mol. The summed E-state index contributed by atoms with van der Waals surface area (Å²) in [5.41, 5.74) is 2.78. The standard InChI is InChI=1S/C22H25N7O2/c1-14-21(28-29-22(14)27-19-12-25-16(9-23)11-26-19)20-17(30-2)6-3-7-18(20)31-13-15-5-4-8-24-10-15/h3,6-7,11-12,15,24H,4-5,8,10,13H2,1-2H3,(H2,26,27,28,29)/t15-/m0/s1. The summed E-state index contributed by atoms with van der Waals surface area (Å²) in [5.74, 6) is 3.06. The highest BCUT2D eigenvalue weighted by Gasteiger charge is 2.21. The fourth-order valence-corrected chi connectivity index (χ4v) is 3.66. The third kappa shape index (κ3) is 4.59. The SMILES string of the molecule is COc1cccc(OC[C@H]2CCCNC2)c1-c1[nH]nc(Nc2cnc(C#N)cn2)c1C. The number of methoxy groups -OCH3 is 1. The molecule has 9 nitrogen and oxygen atoms in total. The number of hydrogen-bond donors (Lipinski definition) is 3. The number of H-pyrrole nitrogens is 1. The minimum absolute atomic E-state index is 0.258. The lowest BCUT2D eigenvalue weighted by Gasteiger charge is -2.23. The zero-order valence-electron chi connectivity index (χ0n) is 17.6. The maximum absolute atomic E-state index is 8.88. The van der Waals surface area contributed by atoms with E-state index in [4.69, 9.17) is 14.7 Å². The van der Waals surface area contributed by atoms with E-state index in [2.05, 4.69) is 30.8 Å². The quantitative estimate of drug-likeness (QED) is 0.534. The van der Waals surface area contributed by atoms with Crippen LogP contribution in [0, 0.1) is 24.2 Å². The highest BCUT2D eigenvalue weighted by atomic mass is 16.5. The van der Waals surface area contributed by atoms with Gasteiger partial charge in [-0.15, -0.1) is 0 Å². The van der Waals surface area contributed by atoms with Crippen LogP contribution in [-0.4, -0.2) is 47.0 Å². The molecule has 2 aromatic heterocycles. The van der Waals surface area contributed by atoms with Crippen LogP contribution in [0.1, 0.15) is 24.1 Å². The van der Waals surface area contributed by atoms with Crippen LogP contribution >= 0.6 is 0 Å². The van der Waals surface area contributed by atoms with E-state index in [9.17, 15) is 0 Å². The molecule has 0 aliphatic carbocycles. The van der Waals surface area contributed by atoms with E-state index in [1.54, 1.807) is 7.11 Å². The molecule has 1 fully saturated rings. The van der Waals surface area contributed by atoms with Gasteiger partial charge in [0, 0.05) is 18.0 Å². The molecule has 3 heterocycles. The van der Waals surface area contributed by atoms with Gasteiger partial charge in [0.2, 0.25) is 0 Å². The number of rotatable bonds is 7. The van der Waals surface area contributed by atoms with Crippen molar-refractivity contribution in [2.24, 2.45) is 5.92 Å². The smallest absolute Gasteiger partial charge is 0.158 e. The van der Waals surface area contributed by atoms with E-state index in [0.717, 1.165) is 42.1 Å². The number of hydrogen-bond acceptors (Lipinski definition) is 8. The first-order valence-corrected chi connectivity index (χ1v) is 10.2. The van der Waals surface area contributed by atoms with Crippen molar-refractivity contribution < 1.29 is 9.47 Å². The number of nitrogens with zero attached hydrogens (tertiary/aromatic N) is 4. The van der Waals surface area contributed by atoms with Crippen molar-refractivity contribution >= 4 is 11.6 Å². The van der Waals surface area contributed by atoms with Crippen LogP contribution < -0.4 is 20.1 Å². The molecule has 0 radical (unpaired) electrons. The number of aromatic amines is 1. The van der Waals surface area contributed by atoms with Crippen LogP contribution in [0.4, 0.5) is 11.6 Å². The normalized spacial score (nSPS) is 15.8. The molecule has 1 saturated heterocycles. The Hall–Kier alpha value is -3.64. The largest absolute Gasteiger partial charge is 0.496 e. The highest BCUT2D eigenvalue weighted by Crippen LogP contribution is 2.40. The third-order valence-corrected chi connectivity index (χ3v) is 5.35. The summed E-state index contributed by atoms with van der Waals surface area (Å²) in [6, 6.07) is 7.74. The number of benzene rings is 1. The second-order valence-electron chi connectivity index (χ2n) is 7.45. The Morgan fingerprint density at radius 2 is 2.13 bits per heavy atom. The van der Waals surface area contributed by atoms with E-state index in [-0.39, 0.29) is 5.69 Å². The van der Waals surface area contributed by atoms with Crippen LogP contribution in [0.2, 0.25) is 0 Å². The van der Waals surface area contributed by atoms with Gasteiger partial charge in [-0.1, -0.05) is 6.07 Å². The van der Waals surface area contributed by atoms with Gasteiger partial charge in [-0.05, 0) is 38.4 Å². The predicted octanol–water partition coefficient (Wildman–Crippen LogP) is 3.18. The Bertz CT molecular complexity index is 1070. The lowest BCUT2D eigenvalue weighted by atomic mass is 10.0. The number of anilines is 2. The first-order chi connectivity index (χ1) is 15.2. The van der Waals surface area contributed by atoms with Gasteiger partial charge in [0.1, 0.15) is 23.4 Å². The lowest BCUT2D eigenvalue weighted by molar-refractivity contribution is 0.218. The minimum Gasteiger partial charge on any atom is -0.496 e. The molecular weight excluding hydrogens is 394 g/mol. The van der Waals surface area contributed by atoms with Gasteiger partial charge in [-0.2, -0.15) is 10.4 Å². The Morgan fingerprint density at radius 1 is 1.26 bits per heavy atom. The van der Waals surface area contributed by atoms with Crippen LogP contribution in [0.15, 0.2) is 30.6 Å². The molecule has 3 N–H and O–H groups in total. The van der Waals surface area contributed by atoms with Gasteiger partial charge in [-0.3, -0.25) is 5.10 Å². The third-order valence-electron chi connectivity index (χ3n) is 5.35. The molecule has 4 rings (SSSR count). The minimum atomic E-state index is 0.258. The maximum Gasteiger partial charge on any atom is 0.158 e. The topological polar surface area (TPSA) is 121 Å². The predicted molar refractivity (Wildman–Crippen MR) is 116 cm³/mol. The Kier molecular flexibility index (Phi) is 6.29. The zero-order chi connectivity index (χ0) is 21.6. The maximum atomic E-state index is 8.88. The summed E-state index contributed by atoms with van der Waals surface area (Å²) in [4.78, 5) is 8.22. The van der Waals surface area contributed by atoms with Crippen LogP contribution in [-0.2, 0) is 0 Å². The van der Waals surface area contributed by atoms with Crippen LogP contribution in [0.5, 0.6) is 11.5 Å². The molecule has 0 saturated carbocycles. The second kappa shape index (κ2) is 9.45. The Morgan fingerprint density at radius 3 is 2.84 bits per heavy atom. The number of aromatic nitrogens is 4. The van der Waals surface area contributed by atoms with Gasteiger partial charge in [0.15, 0.2) is 11.5 Å². The van der Waals surface area contributed by atoms with E-state index >= 15 is 0 Å². The average Bonchev–Trinajstić information content (AvgIpc) is 3.18. The van der Waals surface area contributed by atoms with E-state index < -0.39 is 0 Å². The number of nitriles is 1. The average molecular weight is 419 g/mol. The van der Waals surface area contributed by atoms with Crippen molar-refractivity contribution in [1.29, 1.82) is 5.26 Å². The summed E-state index contributed by atoms with van der Waals surface area (Å²) in [7, 11) is 1.64. The summed E-state index contributed by atoms with van der Waals surface area (Å²) in [6.07, 6.45) is 5.25. The van der Waals surface area contributed by atoms with Crippen LogP contribution in [0.3, 0.4) is 0 Å². The van der Waals surface area contributed by atoms with Crippen molar-refractivity contribution in [3.63, 3.8) is 0 Å². The molecule has 3 aromatic rings. The molecule has 0 spiro atoms. The Balaban J connectivity index is 1.60. The summed E-state index contributed by atoms with van der Waals surface area (Å²) in [6.45, 7) is 4.65. The molecule has 1 aromatic carbocycles. The van der Waals surface area contributed by atoms with Gasteiger partial charge in [0.05, 0.1) is 37.4 Å². The van der Waals surface area contributed by atoms with Crippen molar-refractivity contribution in [2.75, 3.05) is 32.1 Å². The van der Waals surface area contributed by atoms with Gasteiger partial charge in [0.25, 0.3) is 0 Å². The number of piperidine rings is 1. The van der Waals surface area contributed by atoms with Gasteiger partial charge in [-0.25, -0.2) is 9.97 Å². The fraction of sp³-hybridized carbons (Fsp3) is 0.364.